The molecule has 1 aromatic carbocycles. The summed E-state index contributed by atoms with van der Waals surface area (Å²) in [5, 5.41) is 5.30. The molecule has 2 N–H and O–H groups in total. The molecule has 152 valence electrons. The van der Waals surface area contributed by atoms with Crippen molar-refractivity contribution < 1.29 is 22.4 Å². The fraction of sp³-hybridized carbons (Fsp3) is 0.500. The van der Waals surface area contributed by atoms with Gasteiger partial charge in [-0.25, -0.2) is 14.4 Å². The number of carbonyl (C=O) groups is 1. The highest BCUT2D eigenvalue weighted by Crippen LogP contribution is 2.25. The second-order valence-electron chi connectivity index (χ2n) is 6.77. The van der Waals surface area contributed by atoms with E-state index in [1.807, 2.05) is 0 Å². The van der Waals surface area contributed by atoms with Crippen molar-refractivity contribution in [3.8, 4) is 0 Å². The van der Waals surface area contributed by atoms with Crippen LogP contribution >= 0.6 is 0 Å². The van der Waals surface area contributed by atoms with Gasteiger partial charge in [0.1, 0.15) is 17.4 Å². The van der Waals surface area contributed by atoms with Gasteiger partial charge < -0.3 is 10.6 Å². The third kappa shape index (κ3) is 4.39. The zero-order valence-corrected chi connectivity index (χ0v) is 15.5. The standard InChI is InChI=1S/C18H21F4N5O/c1-10-11(2)26-16-13(7-12(19)8-14(16)25-10)17(28)24-9-15(18(20,21)22)27-5-3-23-4-6-27/h7-8,15,23H,3-6,9H2,1-2H3,(H,24,28). The highest BCUT2D eigenvalue weighted by atomic mass is 19.4. The first-order chi connectivity index (χ1) is 13.2. The third-order valence-corrected chi connectivity index (χ3v) is 4.82. The van der Waals surface area contributed by atoms with Gasteiger partial charge in [0.25, 0.3) is 5.91 Å². The van der Waals surface area contributed by atoms with Crippen LogP contribution in [-0.2, 0) is 0 Å². The molecule has 0 saturated carbocycles. The Kier molecular flexibility index (Phi) is 5.80. The number of hydrogen-bond donors (Lipinski definition) is 2. The summed E-state index contributed by atoms with van der Waals surface area (Å²) in [4.78, 5) is 22.3. The minimum absolute atomic E-state index is 0.133. The number of nitrogens with zero attached hydrogens (tertiary/aromatic N) is 3. The Hall–Kier alpha value is -2.33. The number of nitrogens with one attached hydrogen (secondary N) is 2. The van der Waals surface area contributed by atoms with E-state index < -0.39 is 30.5 Å². The van der Waals surface area contributed by atoms with Gasteiger partial charge in [0.15, 0.2) is 0 Å². The van der Waals surface area contributed by atoms with Crippen LogP contribution in [0.1, 0.15) is 21.7 Å². The fourth-order valence-electron chi connectivity index (χ4n) is 3.20. The highest BCUT2D eigenvalue weighted by Gasteiger charge is 2.43. The van der Waals surface area contributed by atoms with E-state index in [4.69, 9.17) is 0 Å². The van der Waals surface area contributed by atoms with Gasteiger partial charge in [-0.3, -0.25) is 9.69 Å². The lowest BCUT2D eigenvalue weighted by Gasteiger charge is -2.35. The number of fused-ring (bicyclic) bond motifs is 1. The first kappa shape index (κ1) is 20.4. The smallest absolute Gasteiger partial charge is 0.350 e. The van der Waals surface area contributed by atoms with Crippen molar-refractivity contribution in [3.63, 3.8) is 0 Å². The van der Waals surface area contributed by atoms with Gasteiger partial charge in [0, 0.05) is 38.8 Å². The number of aryl methyl sites for hydroxylation is 2. The van der Waals surface area contributed by atoms with E-state index in [0.717, 1.165) is 12.1 Å². The van der Waals surface area contributed by atoms with Crippen LogP contribution < -0.4 is 10.6 Å². The Balaban J connectivity index is 1.84. The molecule has 1 aromatic heterocycles. The molecule has 1 atom stereocenters. The largest absolute Gasteiger partial charge is 0.405 e. The van der Waals surface area contributed by atoms with Crippen LogP contribution in [0.2, 0.25) is 0 Å². The van der Waals surface area contributed by atoms with Crippen LogP contribution in [0.15, 0.2) is 12.1 Å². The molecule has 2 aromatic rings. The van der Waals surface area contributed by atoms with Crippen molar-refractivity contribution >= 4 is 16.9 Å². The maximum atomic E-state index is 13.9. The predicted octanol–water partition coefficient (Wildman–Crippen LogP) is 1.95. The molecule has 0 spiro atoms. The van der Waals surface area contributed by atoms with Crippen LogP contribution in [0.3, 0.4) is 0 Å². The van der Waals surface area contributed by atoms with Gasteiger partial charge in [0.05, 0.1) is 22.5 Å². The third-order valence-electron chi connectivity index (χ3n) is 4.82. The molecule has 10 heteroatoms. The number of benzene rings is 1. The van der Waals surface area contributed by atoms with Gasteiger partial charge in [-0.15, -0.1) is 0 Å². The van der Waals surface area contributed by atoms with Crippen LogP contribution in [0.4, 0.5) is 17.6 Å². The van der Waals surface area contributed by atoms with Gasteiger partial charge in [-0.1, -0.05) is 0 Å². The summed E-state index contributed by atoms with van der Waals surface area (Å²) in [5.74, 6) is -1.52. The Bertz CT molecular complexity index is 880. The molecule has 0 radical (unpaired) electrons. The molecule has 1 aliphatic rings. The number of alkyl halides is 3. The second kappa shape index (κ2) is 7.96. The molecule has 1 saturated heterocycles. The maximum Gasteiger partial charge on any atom is 0.405 e. The Morgan fingerprint density at radius 1 is 1.21 bits per heavy atom. The van der Waals surface area contributed by atoms with E-state index in [9.17, 15) is 22.4 Å². The molecule has 1 unspecified atom stereocenters. The molecular formula is C18H21F4N5O. The van der Waals surface area contributed by atoms with Crippen LogP contribution in [0, 0.1) is 19.7 Å². The highest BCUT2D eigenvalue weighted by molar-refractivity contribution is 6.04. The minimum Gasteiger partial charge on any atom is -0.350 e. The second-order valence-corrected chi connectivity index (χ2v) is 6.77. The molecule has 6 nitrogen and oxygen atoms in total. The average Bonchev–Trinajstić information content (AvgIpc) is 2.62. The molecule has 3 rings (SSSR count). The van der Waals surface area contributed by atoms with E-state index in [1.54, 1.807) is 13.8 Å². The fourth-order valence-corrected chi connectivity index (χ4v) is 3.20. The predicted molar refractivity (Wildman–Crippen MR) is 95.6 cm³/mol. The maximum absolute atomic E-state index is 13.9. The number of carbonyl (C=O) groups excluding carboxylic acids is 1. The molecule has 2 heterocycles. The van der Waals surface area contributed by atoms with E-state index in [0.29, 0.717) is 24.5 Å². The zero-order valence-electron chi connectivity index (χ0n) is 15.5. The number of aromatic nitrogens is 2. The van der Waals surface area contributed by atoms with E-state index in [-0.39, 0.29) is 29.7 Å². The van der Waals surface area contributed by atoms with Crippen molar-refractivity contribution in [2.45, 2.75) is 26.1 Å². The van der Waals surface area contributed by atoms with E-state index >= 15 is 0 Å². The van der Waals surface area contributed by atoms with Gasteiger partial charge in [-0.2, -0.15) is 13.2 Å². The molecule has 1 amide bonds. The molecule has 0 bridgehead atoms. The molecule has 1 aliphatic heterocycles. The zero-order chi connectivity index (χ0) is 20.5. The SMILES string of the molecule is Cc1nc2cc(F)cc(C(=O)NCC(N3CCNCC3)C(F)(F)F)c2nc1C. The molecular weight excluding hydrogens is 378 g/mol. The Morgan fingerprint density at radius 2 is 1.86 bits per heavy atom. The number of amides is 1. The van der Waals surface area contributed by atoms with Crippen molar-refractivity contribution in [3.05, 3.63) is 34.9 Å². The van der Waals surface area contributed by atoms with Gasteiger partial charge in [-0.05, 0) is 19.9 Å². The van der Waals surface area contributed by atoms with Gasteiger partial charge >= 0.3 is 6.18 Å². The first-order valence-corrected chi connectivity index (χ1v) is 8.91. The molecule has 1 fully saturated rings. The lowest BCUT2D eigenvalue weighted by atomic mass is 10.1. The van der Waals surface area contributed by atoms with Crippen molar-refractivity contribution in [2.75, 3.05) is 32.7 Å². The van der Waals surface area contributed by atoms with Crippen molar-refractivity contribution in [2.24, 2.45) is 0 Å². The summed E-state index contributed by atoms with van der Waals surface area (Å²) >= 11 is 0. The van der Waals surface area contributed by atoms with E-state index in [2.05, 4.69) is 20.6 Å². The Labute approximate surface area is 159 Å². The quantitative estimate of drug-likeness (QED) is 0.770. The number of piperazine rings is 1. The summed E-state index contributed by atoms with van der Waals surface area (Å²) in [7, 11) is 0. The summed E-state index contributed by atoms with van der Waals surface area (Å²) in [5.41, 5.74) is 1.35. The summed E-state index contributed by atoms with van der Waals surface area (Å²) in [6.45, 7) is 4.12. The van der Waals surface area contributed by atoms with E-state index in [1.165, 1.54) is 4.90 Å². The van der Waals surface area contributed by atoms with Crippen LogP contribution in [-0.4, -0.2) is 65.7 Å². The molecule has 0 aliphatic carbocycles. The first-order valence-electron chi connectivity index (χ1n) is 8.91. The topological polar surface area (TPSA) is 70.2 Å². The number of rotatable bonds is 4. The normalized spacial score (nSPS) is 16.9. The summed E-state index contributed by atoms with van der Waals surface area (Å²) < 4.78 is 54.4. The number of halogens is 4. The van der Waals surface area contributed by atoms with Gasteiger partial charge in [0.2, 0.25) is 0 Å². The van der Waals surface area contributed by atoms with Crippen molar-refractivity contribution in [1.82, 2.24) is 25.5 Å². The summed E-state index contributed by atoms with van der Waals surface area (Å²) in [6, 6.07) is 0.299. The van der Waals surface area contributed by atoms with Crippen LogP contribution in [0.25, 0.3) is 11.0 Å². The van der Waals surface area contributed by atoms with Crippen molar-refractivity contribution in [1.29, 1.82) is 0 Å². The number of hydrogen-bond acceptors (Lipinski definition) is 5. The molecule has 28 heavy (non-hydrogen) atoms. The minimum atomic E-state index is -4.50. The summed E-state index contributed by atoms with van der Waals surface area (Å²) in [6.07, 6.45) is -4.50. The Morgan fingerprint density at radius 3 is 2.50 bits per heavy atom. The van der Waals surface area contributed by atoms with Crippen LogP contribution in [0.5, 0.6) is 0 Å². The monoisotopic (exact) mass is 399 g/mol. The average molecular weight is 399 g/mol. The lowest BCUT2D eigenvalue weighted by molar-refractivity contribution is -0.183. The lowest BCUT2D eigenvalue weighted by Crippen LogP contribution is -2.57.